The fourth-order valence-corrected chi connectivity index (χ4v) is 3.27. The van der Waals surface area contributed by atoms with Gasteiger partial charge in [0.05, 0.1) is 4.47 Å². The normalized spacial score (nSPS) is 17.1. The lowest BCUT2D eigenvalue weighted by Gasteiger charge is -2.22. The van der Waals surface area contributed by atoms with Gasteiger partial charge in [0.1, 0.15) is 11.5 Å². The fourth-order valence-electron chi connectivity index (χ4n) is 1.76. The second kappa shape index (κ2) is 6.99. The van der Waals surface area contributed by atoms with E-state index in [-0.39, 0.29) is 16.9 Å². The molecule has 2 heterocycles. The molecule has 0 amide bonds. The second-order valence-corrected chi connectivity index (χ2v) is 6.99. The molecule has 1 aromatic heterocycles. The van der Waals surface area contributed by atoms with Crippen molar-refractivity contribution in [3.05, 3.63) is 16.0 Å². The first-order valence-corrected chi connectivity index (χ1v) is 8.64. The van der Waals surface area contributed by atoms with Crippen LogP contribution in [-0.4, -0.2) is 38.1 Å². The Labute approximate surface area is 130 Å². The molecule has 1 fully saturated rings. The molecule has 1 aromatic rings. The summed E-state index contributed by atoms with van der Waals surface area (Å²) in [5.74, 6) is 0.391. The van der Waals surface area contributed by atoms with Crippen molar-refractivity contribution in [1.29, 1.82) is 0 Å². The van der Waals surface area contributed by atoms with Gasteiger partial charge in [-0.1, -0.05) is 11.6 Å². The van der Waals surface area contributed by atoms with E-state index in [0.717, 1.165) is 12.8 Å². The number of nitrogens with one attached hydrogen (secondary N) is 2. The molecule has 2 rings (SSSR count). The Morgan fingerprint density at radius 1 is 1.40 bits per heavy atom. The minimum absolute atomic E-state index is 0.101. The van der Waals surface area contributed by atoms with Gasteiger partial charge in [0.2, 0.25) is 0 Å². The van der Waals surface area contributed by atoms with Crippen molar-refractivity contribution in [2.45, 2.75) is 12.8 Å². The summed E-state index contributed by atoms with van der Waals surface area (Å²) in [6, 6.07) is 0. The summed E-state index contributed by atoms with van der Waals surface area (Å²) in [5, 5.41) is 0.141. The van der Waals surface area contributed by atoms with Crippen molar-refractivity contribution in [2.75, 3.05) is 24.5 Å². The molecule has 0 unspecified atom stereocenters. The van der Waals surface area contributed by atoms with Crippen LogP contribution in [0.2, 0.25) is 5.15 Å². The largest absolute Gasteiger partial charge is 0.381 e. The average Bonchev–Trinajstić information content (AvgIpc) is 2.43. The summed E-state index contributed by atoms with van der Waals surface area (Å²) in [4.78, 5) is 7.55. The fraction of sp³-hybridized carbons (Fsp3) is 0.600. The molecule has 10 heteroatoms. The number of hydrogen-bond acceptors (Lipinski definition) is 5. The summed E-state index contributed by atoms with van der Waals surface area (Å²) < 4.78 is 34.2. The first-order valence-electron chi connectivity index (χ1n) is 5.99. The van der Waals surface area contributed by atoms with Crippen LogP contribution in [0.25, 0.3) is 0 Å². The quantitative estimate of drug-likeness (QED) is 0.750. The summed E-state index contributed by atoms with van der Waals surface area (Å²) in [5.41, 5.74) is 0. The lowest BCUT2D eigenvalue weighted by Crippen LogP contribution is -2.36. The Morgan fingerprint density at radius 2 is 2.10 bits per heavy atom. The molecule has 7 nitrogen and oxygen atoms in total. The Hall–Kier alpha value is -0.480. The maximum absolute atomic E-state index is 11.9. The molecule has 0 aliphatic carbocycles. The molecule has 112 valence electrons. The highest BCUT2D eigenvalue weighted by atomic mass is 79.9. The maximum Gasteiger partial charge on any atom is 0.300 e. The molecule has 0 atom stereocenters. The van der Waals surface area contributed by atoms with Crippen LogP contribution in [0.3, 0.4) is 0 Å². The van der Waals surface area contributed by atoms with Crippen LogP contribution in [0.1, 0.15) is 12.8 Å². The van der Waals surface area contributed by atoms with E-state index in [1.165, 1.54) is 6.33 Å². The van der Waals surface area contributed by atoms with Gasteiger partial charge in [0.15, 0.2) is 5.82 Å². The van der Waals surface area contributed by atoms with Crippen LogP contribution < -0.4 is 9.44 Å². The number of nitrogens with zero attached hydrogens (tertiary/aromatic N) is 2. The summed E-state index contributed by atoms with van der Waals surface area (Å²) in [6.07, 6.45) is 2.89. The van der Waals surface area contributed by atoms with E-state index < -0.39 is 10.2 Å². The van der Waals surface area contributed by atoms with Gasteiger partial charge in [-0.25, -0.2) is 9.97 Å². The van der Waals surface area contributed by atoms with E-state index in [1.54, 1.807) is 0 Å². The lowest BCUT2D eigenvalue weighted by atomic mass is 10.0. The molecule has 0 saturated carbocycles. The van der Waals surface area contributed by atoms with Gasteiger partial charge in [-0.2, -0.15) is 13.1 Å². The Morgan fingerprint density at radius 3 is 2.80 bits per heavy atom. The standard InChI is InChI=1S/C10H14BrClN4O3S/c11-8-9(12)13-6-14-10(8)16-20(17,18)15-5-7-1-3-19-4-2-7/h6-7,15H,1-5H2,(H,13,14,16). The predicted molar refractivity (Wildman–Crippen MR) is 78.8 cm³/mol. The Bertz CT molecular complexity index is 566. The SMILES string of the molecule is O=S(=O)(NCC1CCOCC1)Nc1ncnc(Cl)c1Br. The topological polar surface area (TPSA) is 93.2 Å². The zero-order valence-corrected chi connectivity index (χ0v) is 13.6. The van der Waals surface area contributed by atoms with Gasteiger partial charge in [0, 0.05) is 19.8 Å². The summed E-state index contributed by atoms with van der Waals surface area (Å²) in [7, 11) is -3.69. The number of anilines is 1. The average molecular weight is 386 g/mol. The zero-order chi connectivity index (χ0) is 14.6. The number of aromatic nitrogens is 2. The van der Waals surface area contributed by atoms with Gasteiger partial charge in [-0.05, 0) is 34.7 Å². The smallest absolute Gasteiger partial charge is 0.300 e. The molecule has 2 N–H and O–H groups in total. The van der Waals surface area contributed by atoms with Crippen molar-refractivity contribution in [2.24, 2.45) is 5.92 Å². The van der Waals surface area contributed by atoms with Crippen molar-refractivity contribution in [1.82, 2.24) is 14.7 Å². The molecular formula is C10H14BrClN4O3S. The highest BCUT2D eigenvalue weighted by Gasteiger charge is 2.19. The third-order valence-electron chi connectivity index (χ3n) is 2.88. The van der Waals surface area contributed by atoms with E-state index in [1.807, 2.05) is 0 Å². The van der Waals surface area contributed by atoms with E-state index in [2.05, 4.69) is 35.3 Å². The van der Waals surface area contributed by atoms with Crippen LogP contribution in [0.4, 0.5) is 5.82 Å². The van der Waals surface area contributed by atoms with Crippen LogP contribution >= 0.6 is 27.5 Å². The summed E-state index contributed by atoms with van der Waals surface area (Å²) in [6.45, 7) is 1.72. The number of rotatable bonds is 5. The maximum atomic E-state index is 11.9. The van der Waals surface area contributed by atoms with Crippen molar-refractivity contribution >= 4 is 43.6 Å². The van der Waals surface area contributed by atoms with Gasteiger partial charge < -0.3 is 4.74 Å². The zero-order valence-electron chi connectivity index (χ0n) is 10.5. The minimum atomic E-state index is -3.69. The molecule has 20 heavy (non-hydrogen) atoms. The van der Waals surface area contributed by atoms with Gasteiger partial charge in [-0.3, -0.25) is 4.72 Å². The van der Waals surface area contributed by atoms with Gasteiger partial charge in [0.25, 0.3) is 10.2 Å². The highest BCUT2D eigenvalue weighted by Crippen LogP contribution is 2.26. The number of hydrogen-bond donors (Lipinski definition) is 2. The van der Waals surface area contributed by atoms with Crippen molar-refractivity contribution in [3.8, 4) is 0 Å². The van der Waals surface area contributed by atoms with E-state index in [0.29, 0.717) is 24.2 Å². The van der Waals surface area contributed by atoms with Crippen LogP contribution in [0.5, 0.6) is 0 Å². The Balaban J connectivity index is 1.94. The number of halogens is 2. The third-order valence-corrected chi connectivity index (χ3v) is 5.16. The highest BCUT2D eigenvalue weighted by molar-refractivity contribution is 9.10. The molecule has 0 aromatic carbocycles. The number of ether oxygens (including phenoxy) is 1. The Kier molecular flexibility index (Phi) is 5.56. The molecule has 1 aliphatic rings. The van der Waals surface area contributed by atoms with E-state index in [4.69, 9.17) is 16.3 Å². The first-order chi connectivity index (χ1) is 9.48. The lowest BCUT2D eigenvalue weighted by molar-refractivity contribution is 0.0678. The van der Waals surface area contributed by atoms with Crippen molar-refractivity contribution in [3.63, 3.8) is 0 Å². The second-order valence-electron chi connectivity index (χ2n) is 4.34. The van der Waals surface area contributed by atoms with Gasteiger partial charge >= 0.3 is 0 Å². The molecule has 0 bridgehead atoms. The predicted octanol–water partition coefficient (Wildman–Crippen LogP) is 1.57. The van der Waals surface area contributed by atoms with Crippen molar-refractivity contribution < 1.29 is 13.2 Å². The third kappa shape index (κ3) is 4.52. The molecule has 0 spiro atoms. The van der Waals surface area contributed by atoms with Gasteiger partial charge in [-0.15, -0.1) is 0 Å². The molecule has 0 radical (unpaired) electrons. The summed E-state index contributed by atoms with van der Waals surface area (Å²) >= 11 is 8.91. The van der Waals surface area contributed by atoms with Crippen LogP contribution in [-0.2, 0) is 14.9 Å². The van der Waals surface area contributed by atoms with E-state index >= 15 is 0 Å². The van der Waals surface area contributed by atoms with Crippen LogP contribution in [0, 0.1) is 5.92 Å². The van der Waals surface area contributed by atoms with Crippen LogP contribution in [0.15, 0.2) is 10.8 Å². The minimum Gasteiger partial charge on any atom is -0.381 e. The molecule has 1 aliphatic heterocycles. The first kappa shape index (κ1) is 15.9. The molecule has 1 saturated heterocycles. The van der Waals surface area contributed by atoms with E-state index in [9.17, 15) is 8.42 Å². The molecular weight excluding hydrogens is 372 g/mol. The monoisotopic (exact) mass is 384 g/mol.